The maximum atomic E-state index is 13.7. The summed E-state index contributed by atoms with van der Waals surface area (Å²) in [5.41, 5.74) is -1.74. The van der Waals surface area contributed by atoms with Crippen molar-refractivity contribution in [3.63, 3.8) is 0 Å². The van der Waals surface area contributed by atoms with E-state index in [1.54, 1.807) is 6.92 Å². The Bertz CT molecular complexity index is 225. The summed E-state index contributed by atoms with van der Waals surface area (Å²) in [7, 11) is 0. The minimum Gasteiger partial charge on any atom is -0.370 e. The number of ether oxygens (including phenoxy) is 1. The quantitative estimate of drug-likeness (QED) is 0.553. The maximum absolute atomic E-state index is 13.7. The summed E-state index contributed by atoms with van der Waals surface area (Å²) in [4.78, 5) is 11.5. The lowest BCUT2D eigenvalue weighted by Gasteiger charge is -2.34. The lowest BCUT2D eigenvalue weighted by atomic mass is 9.86. The van der Waals surface area contributed by atoms with Crippen molar-refractivity contribution in [2.24, 2.45) is 5.92 Å². The van der Waals surface area contributed by atoms with Gasteiger partial charge in [-0.1, -0.05) is 6.92 Å². The van der Waals surface area contributed by atoms with Crippen LogP contribution in [0, 0.1) is 5.92 Å². The Balaban J connectivity index is 2.33. The van der Waals surface area contributed by atoms with Crippen LogP contribution in [-0.4, -0.2) is 23.7 Å². The molecule has 2 rings (SSSR count). The third kappa shape index (κ3) is 0.859. The van der Waals surface area contributed by atoms with Crippen molar-refractivity contribution in [2.75, 3.05) is 0 Å². The first-order chi connectivity index (χ1) is 5.53. The number of fused-ring (bicyclic) bond motifs is 2. The van der Waals surface area contributed by atoms with Crippen LogP contribution in [-0.2, 0) is 9.53 Å². The van der Waals surface area contributed by atoms with Gasteiger partial charge in [0.05, 0.1) is 12.2 Å². The number of rotatable bonds is 0. The molecule has 4 atom stereocenters. The van der Waals surface area contributed by atoms with Crippen molar-refractivity contribution < 1.29 is 13.9 Å². The number of alkyl halides is 1. The van der Waals surface area contributed by atoms with Crippen LogP contribution in [0.3, 0.4) is 0 Å². The Morgan fingerprint density at radius 3 is 2.92 bits per heavy atom. The molecule has 2 aliphatic rings. The van der Waals surface area contributed by atoms with Crippen LogP contribution >= 0.6 is 0 Å². The molecule has 0 amide bonds. The summed E-state index contributed by atoms with van der Waals surface area (Å²) < 4.78 is 19.1. The molecule has 0 N–H and O–H groups in total. The van der Waals surface area contributed by atoms with Crippen LogP contribution in [0.1, 0.15) is 26.7 Å². The Morgan fingerprint density at radius 2 is 2.25 bits per heavy atom. The van der Waals surface area contributed by atoms with Crippen LogP contribution in [0.25, 0.3) is 0 Å². The van der Waals surface area contributed by atoms with Gasteiger partial charge in [-0.15, -0.1) is 0 Å². The van der Waals surface area contributed by atoms with Gasteiger partial charge < -0.3 is 4.74 Å². The van der Waals surface area contributed by atoms with E-state index in [2.05, 4.69) is 0 Å². The molecule has 2 nitrogen and oxygen atoms in total. The topological polar surface area (TPSA) is 26.3 Å². The predicted octanol–water partition coefficient (Wildman–Crippen LogP) is 1.48. The van der Waals surface area contributed by atoms with Crippen LogP contribution in [0.4, 0.5) is 4.39 Å². The second-order valence-corrected chi connectivity index (χ2v) is 3.97. The molecule has 0 unspecified atom stereocenters. The molecule has 12 heavy (non-hydrogen) atoms. The SMILES string of the molecule is C[C@H]1C(=O)[C@](C)(F)[C@H]2CC[C@@H]1O2. The molecule has 68 valence electrons. The van der Waals surface area contributed by atoms with E-state index in [4.69, 9.17) is 4.74 Å². The summed E-state index contributed by atoms with van der Waals surface area (Å²) in [5, 5.41) is 0. The molecule has 2 aliphatic heterocycles. The monoisotopic (exact) mass is 172 g/mol. The van der Waals surface area contributed by atoms with Gasteiger partial charge in [0.25, 0.3) is 0 Å². The highest BCUT2D eigenvalue weighted by Gasteiger charge is 2.55. The lowest BCUT2D eigenvalue weighted by molar-refractivity contribution is -0.162. The normalized spacial score (nSPS) is 52.9. The van der Waals surface area contributed by atoms with Crippen LogP contribution in [0.5, 0.6) is 0 Å². The third-order valence-corrected chi connectivity index (χ3v) is 3.11. The highest BCUT2D eigenvalue weighted by atomic mass is 19.1. The van der Waals surface area contributed by atoms with E-state index in [-0.39, 0.29) is 17.8 Å². The lowest BCUT2D eigenvalue weighted by Crippen LogP contribution is -2.51. The second kappa shape index (κ2) is 2.28. The number of Topliss-reactive ketones (excluding diaryl/α,β-unsaturated/α-hetero) is 1. The molecule has 0 aromatic rings. The fraction of sp³-hybridized carbons (Fsp3) is 0.889. The average molecular weight is 172 g/mol. The first-order valence-corrected chi connectivity index (χ1v) is 4.42. The van der Waals surface area contributed by atoms with Crippen LogP contribution in [0.2, 0.25) is 0 Å². The van der Waals surface area contributed by atoms with Crippen molar-refractivity contribution in [3.8, 4) is 0 Å². The highest BCUT2D eigenvalue weighted by Crippen LogP contribution is 2.41. The number of ketones is 1. The van der Waals surface area contributed by atoms with Crippen LogP contribution < -0.4 is 0 Å². The molecule has 0 aliphatic carbocycles. The first-order valence-electron chi connectivity index (χ1n) is 4.42. The van der Waals surface area contributed by atoms with Gasteiger partial charge in [0.1, 0.15) is 0 Å². The Hall–Kier alpha value is -0.440. The number of halogens is 1. The molecule has 0 saturated carbocycles. The Labute approximate surface area is 71.1 Å². The van der Waals surface area contributed by atoms with E-state index in [0.717, 1.165) is 6.42 Å². The smallest absolute Gasteiger partial charge is 0.192 e. The number of carbonyl (C=O) groups is 1. The molecule has 0 radical (unpaired) electrons. The molecule has 0 spiro atoms. The zero-order chi connectivity index (χ0) is 8.93. The van der Waals surface area contributed by atoms with Gasteiger partial charge in [-0.3, -0.25) is 4.79 Å². The van der Waals surface area contributed by atoms with Crippen molar-refractivity contribution in [1.82, 2.24) is 0 Å². The average Bonchev–Trinajstić information content (AvgIpc) is 2.46. The van der Waals surface area contributed by atoms with Gasteiger partial charge in [-0.05, 0) is 19.8 Å². The molecule has 3 heteroatoms. The van der Waals surface area contributed by atoms with Crippen molar-refractivity contribution in [2.45, 2.75) is 44.6 Å². The molecular weight excluding hydrogens is 159 g/mol. The van der Waals surface area contributed by atoms with Gasteiger partial charge >= 0.3 is 0 Å². The summed E-state index contributed by atoms with van der Waals surface area (Å²) in [6.07, 6.45) is 1.02. The first kappa shape index (κ1) is 8.17. The molecule has 0 aromatic carbocycles. The predicted molar refractivity (Wildman–Crippen MR) is 41.6 cm³/mol. The van der Waals surface area contributed by atoms with Gasteiger partial charge in [0.15, 0.2) is 11.5 Å². The van der Waals surface area contributed by atoms with E-state index in [1.165, 1.54) is 6.92 Å². The van der Waals surface area contributed by atoms with Gasteiger partial charge in [-0.25, -0.2) is 4.39 Å². The second-order valence-electron chi connectivity index (χ2n) is 3.97. The third-order valence-electron chi connectivity index (χ3n) is 3.11. The fourth-order valence-corrected chi connectivity index (χ4v) is 2.20. The van der Waals surface area contributed by atoms with E-state index in [0.29, 0.717) is 6.42 Å². The zero-order valence-corrected chi connectivity index (χ0v) is 7.34. The van der Waals surface area contributed by atoms with Gasteiger partial charge in [-0.2, -0.15) is 0 Å². The van der Waals surface area contributed by atoms with E-state index >= 15 is 0 Å². The molecule has 2 bridgehead atoms. The molecular formula is C9H13FO2. The highest BCUT2D eigenvalue weighted by molar-refractivity contribution is 5.90. The van der Waals surface area contributed by atoms with Crippen LogP contribution in [0.15, 0.2) is 0 Å². The van der Waals surface area contributed by atoms with Gasteiger partial charge in [0, 0.05) is 5.92 Å². The number of hydrogen-bond donors (Lipinski definition) is 0. The van der Waals surface area contributed by atoms with E-state index in [1.807, 2.05) is 0 Å². The van der Waals surface area contributed by atoms with Gasteiger partial charge in [0.2, 0.25) is 0 Å². The van der Waals surface area contributed by atoms with E-state index < -0.39 is 11.8 Å². The Kier molecular flexibility index (Phi) is 1.55. The largest absolute Gasteiger partial charge is 0.370 e. The summed E-state index contributed by atoms with van der Waals surface area (Å²) in [5.74, 6) is -0.542. The Morgan fingerprint density at radius 1 is 1.58 bits per heavy atom. The van der Waals surface area contributed by atoms with Crippen molar-refractivity contribution in [1.29, 1.82) is 0 Å². The summed E-state index contributed by atoms with van der Waals surface area (Å²) in [6.45, 7) is 3.10. The fourth-order valence-electron chi connectivity index (χ4n) is 2.20. The molecule has 2 fully saturated rings. The molecule has 0 aromatic heterocycles. The van der Waals surface area contributed by atoms with Crippen molar-refractivity contribution >= 4 is 5.78 Å². The molecule has 2 heterocycles. The molecule has 2 saturated heterocycles. The minimum absolute atomic E-state index is 0.0219. The van der Waals surface area contributed by atoms with E-state index in [9.17, 15) is 9.18 Å². The standard InChI is InChI=1S/C9H13FO2/c1-5-6-3-4-7(12-6)9(2,10)8(5)11/h5-7H,3-4H2,1-2H3/t5-,6+,7-,9-/m1/s1. The summed E-state index contributed by atoms with van der Waals surface area (Å²) >= 11 is 0. The zero-order valence-electron chi connectivity index (χ0n) is 7.34. The number of carbonyl (C=O) groups excluding carboxylic acids is 1. The minimum atomic E-state index is -1.74. The van der Waals surface area contributed by atoms with Crippen molar-refractivity contribution in [3.05, 3.63) is 0 Å². The summed E-state index contributed by atoms with van der Waals surface area (Å²) in [6, 6.07) is 0. The maximum Gasteiger partial charge on any atom is 0.192 e. The number of hydrogen-bond acceptors (Lipinski definition) is 2.